The number of piperidine rings is 1. The molecule has 1 aromatic carbocycles. The zero-order valence-corrected chi connectivity index (χ0v) is 21.6. The predicted molar refractivity (Wildman–Crippen MR) is 138 cm³/mol. The number of ether oxygens (including phenoxy) is 1. The van der Waals surface area contributed by atoms with Gasteiger partial charge in [0, 0.05) is 13.2 Å². The van der Waals surface area contributed by atoms with Gasteiger partial charge in [-0.1, -0.05) is 31.2 Å². The predicted octanol–water partition coefficient (Wildman–Crippen LogP) is 4.21. The molecule has 0 bridgehead atoms. The Morgan fingerprint density at radius 3 is 2.44 bits per heavy atom. The van der Waals surface area contributed by atoms with E-state index < -0.39 is 23.5 Å². The molecule has 9 nitrogen and oxygen atoms in total. The molecule has 0 radical (unpaired) electrons. The normalized spacial score (nSPS) is 17.9. The number of aryl methyl sites for hydroxylation is 1. The first kappa shape index (κ1) is 27.1. The number of benzene rings is 1. The lowest BCUT2D eigenvalue weighted by atomic mass is 9.89. The second-order valence-electron chi connectivity index (χ2n) is 10.3. The average molecular weight is 497 g/mol. The minimum atomic E-state index is -0.736. The van der Waals surface area contributed by atoms with Gasteiger partial charge >= 0.3 is 17.9 Å². The van der Waals surface area contributed by atoms with Crippen LogP contribution < -0.4 is 10.6 Å². The summed E-state index contributed by atoms with van der Waals surface area (Å²) in [6.07, 6.45) is 3.07. The van der Waals surface area contributed by atoms with Crippen molar-refractivity contribution in [1.82, 2.24) is 9.88 Å². The zero-order chi connectivity index (χ0) is 26.5. The highest BCUT2D eigenvalue weighted by Crippen LogP contribution is 2.33. The standard InChI is InChI=1S/C27H36N4O5/c1-17-6-11-22(20-9-7-19(8-10-20)12-13-32)31(16-17)25(34)24(33)29-21-14-18(2)23(28-15-21)30-26(35)36-27(3,4)5/h7-10,14-15,17,22,32H,6,11-13,16H2,1-5H3,(H,29,33)(H,28,30,35)/t17-,22+/m0/s1. The summed E-state index contributed by atoms with van der Waals surface area (Å²) in [7, 11) is 0. The summed E-state index contributed by atoms with van der Waals surface area (Å²) in [5.74, 6) is -0.739. The third-order valence-electron chi connectivity index (χ3n) is 5.99. The fourth-order valence-corrected chi connectivity index (χ4v) is 4.25. The van der Waals surface area contributed by atoms with Crippen LogP contribution in [0.4, 0.5) is 16.3 Å². The first-order valence-electron chi connectivity index (χ1n) is 12.2. The molecule has 36 heavy (non-hydrogen) atoms. The molecular weight excluding hydrogens is 460 g/mol. The molecule has 3 amide bonds. The smallest absolute Gasteiger partial charge is 0.413 e. The number of anilines is 2. The van der Waals surface area contributed by atoms with Crippen molar-refractivity contribution < 1.29 is 24.2 Å². The van der Waals surface area contributed by atoms with Gasteiger partial charge in [0.15, 0.2) is 0 Å². The number of aliphatic hydroxyl groups is 1. The molecule has 0 saturated carbocycles. The van der Waals surface area contributed by atoms with Crippen molar-refractivity contribution in [3.05, 3.63) is 53.2 Å². The lowest BCUT2D eigenvalue weighted by Gasteiger charge is -2.38. The van der Waals surface area contributed by atoms with Crippen LogP contribution >= 0.6 is 0 Å². The van der Waals surface area contributed by atoms with Gasteiger partial charge in [-0.2, -0.15) is 0 Å². The number of aliphatic hydroxyl groups excluding tert-OH is 1. The van der Waals surface area contributed by atoms with Gasteiger partial charge in [-0.15, -0.1) is 0 Å². The van der Waals surface area contributed by atoms with Crippen LogP contribution in [0.5, 0.6) is 0 Å². The summed E-state index contributed by atoms with van der Waals surface area (Å²) in [6.45, 7) is 9.68. The highest BCUT2D eigenvalue weighted by Gasteiger charge is 2.34. The molecular formula is C27H36N4O5. The Morgan fingerprint density at radius 1 is 1.14 bits per heavy atom. The molecule has 1 fully saturated rings. The number of carbonyl (C=O) groups is 3. The van der Waals surface area contributed by atoms with Gasteiger partial charge in [0.1, 0.15) is 11.4 Å². The Bertz CT molecular complexity index is 1090. The molecule has 0 unspecified atom stereocenters. The Hall–Kier alpha value is -3.46. The van der Waals surface area contributed by atoms with E-state index in [0.717, 1.165) is 24.0 Å². The van der Waals surface area contributed by atoms with Crippen LogP contribution in [0.3, 0.4) is 0 Å². The molecule has 1 aliphatic rings. The summed E-state index contributed by atoms with van der Waals surface area (Å²) in [5, 5.41) is 14.4. The largest absolute Gasteiger partial charge is 0.444 e. The van der Waals surface area contributed by atoms with Crippen molar-refractivity contribution in [2.45, 2.75) is 65.5 Å². The van der Waals surface area contributed by atoms with E-state index in [9.17, 15) is 14.4 Å². The van der Waals surface area contributed by atoms with Crippen molar-refractivity contribution in [3.8, 4) is 0 Å². The number of rotatable bonds is 5. The maximum Gasteiger partial charge on any atom is 0.413 e. The number of amides is 3. The molecule has 9 heteroatoms. The Labute approximate surface area is 212 Å². The van der Waals surface area contributed by atoms with Crippen molar-refractivity contribution in [3.63, 3.8) is 0 Å². The van der Waals surface area contributed by atoms with Gasteiger partial charge in [-0.3, -0.25) is 14.9 Å². The topological polar surface area (TPSA) is 121 Å². The number of hydrogen-bond donors (Lipinski definition) is 3. The second kappa shape index (κ2) is 11.5. The van der Waals surface area contributed by atoms with Gasteiger partial charge in [0.25, 0.3) is 0 Å². The molecule has 2 atom stereocenters. The van der Waals surface area contributed by atoms with Crippen LogP contribution in [0.25, 0.3) is 0 Å². The van der Waals surface area contributed by atoms with Gasteiger partial charge < -0.3 is 20.1 Å². The third kappa shape index (κ3) is 7.27. The molecule has 3 rings (SSSR count). The highest BCUT2D eigenvalue weighted by atomic mass is 16.6. The number of hydrogen-bond acceptors (Lipinski definition) is 6. The van der Waals surface area contributed by atoms with E-state index in [-0.39, 0.29) is 18.6 Å². The number of likely N-dealkylation sites (tertiary alicyclic amines) is 1. The number of pyridine rings is 1. The molecule has 3 N–H and O–H groups in total. The van der Waals surface area contributed by atoms with Gasteiger partial charge in [0.05, 0.1) is 17.9 Å². The second-order valence-corrected chi connectivity index (χ2v) is 10.3. The van der Waals surface area contributed by atoms with Gasteiger partial charge in [-0.05, 0) is 75.6 Å². The van der Waals surface area contributed by atoms with Gasteiger partial charge in [-0.25, -0.2) is 9.78 Å². The first-order valence-corrected chi connectivity index (χ1v) is 12.2. The zero-order valence-electron chi connectivity index (χ0n) is 21.6. The number of carbonyl (C=O) groups excluding carboxylic acids is 3. The van der Waals surface area contributed by atoms with Crippen LogP contribution in [0.15, 0.2) is 36.5 Å². The quantitative estimate of drug-likeness (QED) is 0.533. The SMILES string of the molecule is Cc1cc(NC(=O)C(=O)N2C[C@@H](C)CC[C@@H]2c2ccc(CCO)cc2)cnc1NC(=O)OC(C)(C)C. The Morgan fingerprint density at radius 2 is 1.83 bits per heavy atom. The van der Waals surface area contributed by atoms with Crippen LogP contribution in [0.2, 0.25) is 0 Å². The molecule has 1 saturated heterocycles. The van der Waals surface area contributed by atoms with Crippen LogP contribution in [-0.4, -0.2) is 51.7 Å². The Kier molecular flexibility index (Phi) is 8.68. The molecule has 1 aliphatic heterocycles. The summed E-state index contributed by atoms with van der Waals surface area (Å²) < 4.78 is 5.24. The molecule has 0 spiro atoms. The molecule has 1 aromatic heterocycles. The van der Waals surface area contributed by atoms with E-state index in [0.29, 0.717) is 30.0 Å². The van der Waals surface area contributed by atoms with Crippen LogP contribution in [0.1, 0.15) is 63.3 Å². The first-order chi connectivity index (χ1) is 17.0. The van der Waals surface area contributed by atoms with Crippen molar-refractivity contribution in [2.75, 3.05) is 23.8 Å². The monoisotopic (exact) mass is 496 g/mol. The lowest BCUT2D eigenvalue weighted by Crippen LogP contribution is -2.46. The maximum atomic E-state index is 13.2. The van der Waals surface area contributed by atoms with Crippen molar-refractivity contribution in [1.29, 1.82) is 0 Å². The molecule has 2 aromatic rings. The van der Waals surface area contributed by atoms with Crippen LogP contribution in [-0.2, 0) is 20.7 Å². The lowest BCUT2D eigenvalue weighted by molar-refractivity contribution is -0.146. The fraction of sp³-hybridized carbons (Fsp3) is 0.481. The fourth-order valence-electron chi connectivity index (χ4n) is 4.25. The third-order valence-corrected chi connectivity index (χ3v) is 5.99. The summed E-state index contributed by atoms with van der Waals surface area (Å²) >= 11 is 0. The molecule has 194 valence electrons. The van der Waals surface area contributed by atoms with Crippen molar-refractivity contribution >= 4 is 29.4 Å². The minimum absolute atomic E-state index is 0.0808. The van der Waals surface area contributed by atoms with E-state index in [4.69, 9.17) is 9.84 Å². The van der Waals surface area contributed by atoms with Gasteiger partial charge in [0.2, 0.25) is 0 Å². The van der Waals surface area contributed by atoms with E-state index in [2.05, 4.69) is 22.5 Å². The summed E-state index contributed by atoms with van der Waals surface area (Å²) in [5.41, 5.74) is 2.32. The minimum Gasteiger partial charge on any atom is -0.444 e. The highest BCUT2D eigenvalue weighted by molar-refractivity contribution is 6.39. The Balaban J connectivity index is 1.69. The van der Waals surface area contributed by atoms with E-state index in [1.807, 2.05) is 24.3 Å². The van der Waals surface area contributed by atoms with E-state index >= 15 is 0 Å². The number of aromatic nitrogens is 1. The number of nitrogens with zero attached hydrogens (tertiary/aromatic N) is 2. The van der Waals surface area contributed by atoms with E-state index in [1.54, 1.807) is 38.7 Å². The number of nitrogens with one attached hydrogen (secondary N) is 2. The van der Waals surface area contributed by atoms with Crippen LogP contribution in [0, 0.1) is 12.8 Å². The van der Waals surface area contributed by atoms with Crippen molar-refractivity contribution in [2.24, 2.45) is 5.92 Å². The average Bonchev–Trinajstić information content (AvgIpc) is 2.80. The van der Waals surface area contributed by atoms with E-state index in [1.165, 1.54) is 6.20 Å². The summed E-state index contributed by atoms with van der Waals surface area (Å²) in [4.78, 5) is 44.0. The molecule has 2 heterocycles. The maximum absolute atomic E-state index is 13.2. The molecule has 0 aliphatic carbocycles. The summed E-state index contributed by atoms with van der Waals surface area (Å²) in [6, 6.07) is 9.28.